The zero-order chi connectivity index (χ0) is 15.6. The van der Waals surface area contributed by atoms with Gasteiger partial charge in [0.1, 0.15) is 5.82 Å². The third kappa shape index (κ3) is 4.04. The standard InChI is InChI=1S/C15H15BrFNO2S/c1-10-3-6-13(21(2,19)20)8-15(10)18-9-11-4-5-12(16)7-14(11)17/h3-8,18H,9H2,1-2H3. The molecule has 21 heavy (non-hydrogen) atoms. The van der Waals surface area contributed by atoms with Crippen molar-refractivity contribution in [3.05, 3.63) is 57.8 Å². The molecule has 0 saturated heterocycles. The third-order valence-electron chi connectivity index (χ3n) is 3.12. The van der Waals surface area contributed by atoms with Gasteiger partial charge in [0.2, 0.25) is 0 Å². The number of hydrogen-bond acceptors (Lipinski definition) is 3. The van der Waals surface area contributed by atoms with Crippen molar-refractivity contribution in [2.45, 2.75) is 18.4 Å². The van der Waals surface area contributed by atoms with E-state index in [9.17, 15) is 12.8 Å². The van der Waals surface area contributed by atoms with E-state index in [0.29, 0.717) is 15.7 Å². The topological polar surface area (TPSA) is 46.2 Å². The molecule has 0 aliphatic carbocycles. The SMILES string of the molecule is Cc1ccc(S(C)(=O)=O)cc1NCc1ccc(Br)cc1F. The lowest BCUT2D eigenvalue weighted by atomic mass is 10.1. The van der Waals surface area contributed by atoms with Crippen LogP contribution in [-0.4, -0.2) is 14.7 Å². The molecule has 0 amide bonds. The number of sulfone groups is 1. The van der Waals surface area contributed by atoms with E-state index in [0.717, 1.165) is 11.8 Å². The fraction of sp³-hybridized carbons (Fsp3) is 0.200. The van der Waals surface area contributed by atoms with Crippen LogP contribution in [-0.2, 0) is 16.4 Å². The van der Waals surface area contributed by atoms with Gasteiger partial charge in [-0.25, -0.2) is 12.8 Å². The second-order valence-corrected chi connectivity index (χ2v) is 7.77. The van der Waals surface area contributed by atoms with E-state index in [4.69, 9.17) is 0 Å². The van der Waals surface area contributed by atoms with Gasteiger partial charge in [-0.15, -0.1) is 0 Å². The normalized spacial score (nSPS) is 11.4. The highest BCUT2D eigenvalue weighted by molar-refractivity contribution is 9.10. The van der Waals surface area contributed by atoms with Crippen LogP contribution in [0.5, 0.6) is 0 Å². The number of benzene rings is 2. The Bertz CT molecular complexity index is 775. The molecule has 0 saturated carbocycles. The van der Waals surface area contributed by atoms with E-state index in [1.54, 1.807) is 30.3 Å². The zero-order valence-electron chi connectivity index (χ0n) is 11.7. The number of halogens is 2. The lowest BCUT2D eigenvalue weighted by molar-refractivity contribution is 0.601. The highest BCUT2D eigenvalue weighted by Gasteiger charge is 2.10. The summed E-state index contributed by atoms with van der Waals surface area (Å²) in [5, 5.41) is 3.08. The minimum absolute atomic E-state index is 0.242. The van der Waals surface area contributed by atoms with Crippen LogP contribution in [0.2, 0.25) is 0 Å². The number of hydrogen-bond donors (Lipinski definition) is 1. The molecule has 112 valence electrons. The summed E-state index contributed by atoms with van der Waals surface area (Å²) in [5.74, 6) is -0.311. The molecule has 0 spiro atoms. The fourth-order valence-electron chi connectivity index (χ4n) is 1.88. The average molecular weight is 372 g/mol. The average Bonchev–Trinajstić information content (AvgIpc) is 2.38. The molecular formula is C15H15BrFNO2S. The first-order chi connectivity index (χ1) is 9.77. The van der Waals surface area contributed by atoms with Gasteiger partial charge in [-0.05, 0) is 36.8 Å². The first-order valence-corrected chi connectivity index (χ1v) is 8.94. The van der Waals surface area contributed by atoms with Crippen molar-refractivity contribution < 1.29 is 12.8 Å². The van der Waals surface area contributed by atoms with Crippen LogP contribution in [0.1, 0.15) is 11.1 Å². The number of nitrogens with one attached hydrogen (secondary N) is 1. The van der Waals surface area contributed by atoms with E-state index in [1.807, 2.05) is 6.92 Å². The van der Waals surface area contributed by atoms with E-state index in [2.05, 4.69) is 21.2 Å². The Balaban J connectivity index is 2.23. The molecule has 0 radical (unpaired) electrons. The van der Waals surface area contributed by atoms with Crippen molar-refractivity contribution >= 4 is 31.5 Å². The van der Waals surface area contributed by atoms with E-state index >= 15 is 0 Å². The molecule has 1 N–H and O–H groups in total. The molecule has 0 heterocycles. The van der Waals surface area contributed by atoms with Crippen molar-refractivity contribution in [3.63, 3.8) is 0 Å². The summed E-state index contributed by atoms with van der Waals surface area (Å²) in [5.41, 5.74) is 2.10. The maximum Gasteiger partial charge on any atom is 0.175 e. The van der Waals surface area contributed by atoms with Crippen LogP contribution in [0.3, 0.4) is 0 Å². The Morgan fingerprint density at radius 3 is 2.52 bits per heavy atom. The van der Waals surface area contributed by atoms with Crippen molar-refractivity contribution in [2.24, 2.45) is 0 Å². The molecule has 0 aliphatic rings. The minimum Gasteiger partial charge on any atom is -0.381 e. The van der Waals surface area contributed by atoms with Crippen molar-refractivity contribution in [1.82, 2.24) is 0 Å². The lowest BCUT2D eigenvalue weighted by Gasteiger charge is -2.12. The first kappa shape index (κ1) is 16.0. The second-order valence-electron chi connectivity index (χ2n) is 4.84. The summed E-state index contributed by atoms with van der Waals surface area (Å²) in [6, 6.07) is 9.72. The van der Waals surface area contributed by atoms with Gasteiger partial charge >= 0.3 is 0 Å². The quantitative estimate of drug-likeness (QED) is 0.885. The van der Waals surface area contributed by atoms with Gasteiger partial charge in [0.15, 0.2) is 9.84 Å². The Kier molecular flexibility index (Phi) is 4.68. The van der Waals surface area contributed by atoms with Gasteiger partial charge < -0.3 is 5.32 Å². The smallest absolute Gasteiger partial charge is 0.175 e. The van der Waals surface area contributed by atoms with Gasteiger partial charge in [-0.1, -0.05) is 28.1 Å². The number of aryl methyl sites for hydroxylation is 1. The molecule has 2 aromatic rings. The lowest BCUT2D eigenvalue weighted by Crippen LogP contribution is -2.05. The summed E-state index contributed by atoms with van der Waals surface area (Å²) in [7, 11) is -3.26. The van der Waals surface area contributed by atoms with Crippen molar-refractivity contribution in [1.29, 1.82) is 0 Å². The van der Waals surface area contributed by atoms with E-state index < -0.39 is 9.84 Å². The molecule has 0 aliphatic heterocycles. The van der Waals surface area contributed by atoms with Crippen molar-refractivity contribution in [2.75, 3.05) is 11.6 Å². The Morgan fingerprint density at radius 1 is 1.19 bits per heavy atom. The number of anilines is 1. The summed E-state index contributed by atoms with van der Waals surface area (Å²) in [6.45, 7) is 2.15. The molecule has 0 fully saturated rings. The van der Waals surface area contributed by atoms with Gasteiger partial charge in [-0.2, -0.15) is 0 Å². The second kappa shape index (κ2) is 6.15. The van der Waals surface area contributed by atoms with Crippen LogP contribution in [0.4, 0.5) is 10.1 Å². The van der Waals surface area contributed by atoms with Gasteiger partial charge in [0.25, 0.3) is 0 Å². The molecule has 0 unspecified atom stereocenters. The first-order valence-electron chi connectivity index (χ1n) is 6.26. The molecule has 2 aromatic carbocycles. The van der Waals surface area contributed by atoms with E-state index in [1.165, 1.54) is 6.07 Å². The Labute approximate surface area is 132 Å². The molecule has 0 bridgehead atoms. The Hall–Kier alpha value is -1.40. The summed E-state index contributed by atoms with van der Waals surface area (Å²) in [6.07, 6.45) is 1.16. The third-order valence-corrected chi connectivity index (χ3v) is 4.73. The molecular weight excluding hydrogens is 357 g/mol. The largest absolute Gasteiger partial charge is 0.381 e. The molecule has 3 nitrogen and oxygen atoms in total. The van der Waals surface area contributed by atoms with Gasteiger partial charge in [-0.3, -0.25) is 0 Å². The van der Waals surface area contributed by atoms with Crippen LogP contribution in [0.15, 0.2) is 45.8 Å². The minimum atomic E-state index is -3.26. The maximum atomic E-state index is 13.8. The van der Waals surface area contributed by atoms with E-state index in [-0.39, 0.29) is 17.3 Å². The molecule has 0 aromatic heterocycles. The van der Waals surface area contributed by atoms with Crippen LogP contribution >= 0.6 is 15.9 Å². The maximum absolute atomic E-state index is 13.8. The monoisotopic (exact) mass is 371 g/mol. The summed E-state index contributed by atoms with van der Waals surface area (Å²) in [4.78, 5) is 0.242. The zero-order valence-corrected chi connectivity index (χ0v) is 14.1. The molecule has 6 heteroatoms. The molecule has 0 atom stereocenters. The highest BCUT2D eigenvalue weighted by Crippen LogP contribution is 2.22. The van der Waals surface area contributed by atoms with Gasteiger partial charge in [0, 0.05) is 28.5 Å². The van der Waals surface area contributed by atoms with Crippen molar-refractivity contribution in [3.8, 4) is 0 Å². The van der Waals surface area contributed by atoms with Crippen LogP contribution < -0.4 is 5.32 Å². The summed E-state index contributed by atoms with van der Waals surface area (Å²) < 4.78 is 37.6. The summed E-state index contributed by atoms with van der Waals surface area (Å²) >= 11 is 3.21. The Morgan fingerprint density at radius 2 is 1.90 bits per heavy atom. The predicted molar refractivity (Wildman–Crippen MR) is 85.7 cm³/mol. The predicted octanol–water partition coefficient (Wildman–Crippen LogP) is 3.91. The highest BCUT2D eigenvalue weighted by atomic mass is 79.9. The number of rotatable bonds is 4. The fourth-order valence-corrected chi connectivity index (χ4v) is 2.86. The van der Waals surface area contributed by atoms with Crippen LogP contribution in [0.25, 0.3) is 0 Å². The molecule has 2 rings (SSSR count). The van der Waals surface area contributed by atoms with Crippen LogP contribution in [0, 0.1) is 12.7 Å². The van der Waals surface area contributed by atoms with Gasteiger partial charge in [0.05, 0.1) is 4.90 Å².